The quantitative estimate of drug-likeness (QED) is 0.673. The highest BCUT2D eigenvalue weighted by Gasteiger charge is 2.43. The van der Waals surface area contributed by atoms with Crippen molar-refractivity contribution >= 4 is 0 Å². The molecule has 124 valence electrons. The molecule has 2 atom stereocenters. The number of likely N-dealkylation sites (tertiary alicyclic amines) is 1. The second-order valence-corrected chi connectivity index (χ2v) is 6.44. The Morgan fingerprint density at radius 1 is 1.29 bits per heavy atom. The summed E-state index contributed by atoms with van der Waals surface area (Å²) in [6.07, 6.45) is 3.81. The number of nitrogens with zero attached hydrogens (tertiary/aromatic N) is 2. The second kappa shape index (κ2) is 8.44. The molecule has 0 aliphatic carbocycles. The summed E-state index contributed by atoms with van der Waals surface area (Å²) in [5.74, 6) is 0. The third-order valence-electron chi connectivity index (χ3n) is 4.89. The van der Waals surface area contributed by atoms with Crippen molar-refractivity contribution in [1.82, 2.24) is 9.80 Å². The lowest BCUT2D eigenvalue weighted by Crippen LogP contribution is -2.45. The first-order valence-corrected chi connectivity index (χ1v) is 8.32. The van der Waals surface area contributed by atoms with E-state index >= 15 is 0 Å². The van der Waals surface area contributed by atoms with Crippen LogP contribution in [-0.4, -0.2) is 88.2 Å². The van der Waals surface area contributed by atoms with E-state index < -0.39 is 0 Å². The predicted molar refractivity (Wildman–Crippen MR) is 83.8 cm³/mol. The van der Waals surface area contributed by atoms with Gasteiger partial charge < -0.3 is 14.2 Å². The van der Waals surface area contributed by atoms with Crippen molar-refractivity contribution in [1.29, 1.82) is 0 Å². The molecule has 0 saturated carbocycles. The van der Waals surface area contributed by atoms with Gasteiger partial charge in [-0.3, -0.25) is 9.80 Å². The molecule has 0 amide bonds. The maximum atomic E-state index is 6.14. The van der Waals surface area contributed by atoms with Crippen molar-refractivity contribution < 1.29 is 14.2 Å². The lowest BCUT2D eigenvalue weighted by Gasteiger charge is -2.35. The Morgan fingerprint density at radius 2 is 2.05 bits per heavy atom. The molecule has 2 saturated heterocycles. The van der Waals surface area contributed by atoms with Gasteiger partial charge in [-0.25, -0.2) is 0 Å². The van der Waals surface area contributed by atoms with Crippen LogP contribution in [-0.2, 0) is 14.2 Å². The molecule has 0 aromatic rings. The van der Waals surface area contributed by atoms with E-state index in [2.05, 4.69) is 23.8 Å². The highest BCUT2D eigenvalue weighted by Crippen LogP contribution is 2.34. The molecule has 0 aromatic carbocycles. The Kier molecular flexibility index (Phi) is 6.89. The number of hydrogen-bond acceptors (Lipinski definition) is 5. The number of ether oxygens (including phenoxy) is 3. The van der Waals surface area contributed by atoms with Crippen molar-refractivity contribution in [2.45, 2.75) is 37.8 Å². The highest BCUT2D eigenvalue weighted by atomic mass is 16.5. The second-order valence-electron chi connectivity index (χ2n) is 6.44. The van der Waals surface area contributed by atoms with Crippen LogP contribution >= 0.6 is 0 Å². The third kappa shape index (κ3) is 4.63. The maximum Gasteiger partial charge on any atom is 0.0721 e. The van der Waals surface area contributed by atoms with Crippen molar-refractivity contribution in [2.75, 3.05) is 66.8 Å². The standard InChI is InChI=1S/C16H32N2O3/c1-4-5-16(14-19-3)12-15(13-17(16)2)21-11-8-18-6-9-20-10-7-18/h15H,4-14H2,1-3H3. The highest BCUT2D eigenvalue weighted by molar-refractivity contribution is 4.98. The summed E-state index contributed by atoms with van der Waals surface area (Å²) < 4.78 is 17.0. The van der Waals surface area contributed by atoms with Gasteiger partial charge in [-0.05, 0) is 19.9 Å². The normalized spacial score (nSPS) is 31.9. The van der Waals surface area contributed by atoms with Crippen LogP contribution in [0.3, 0.4) is 0 Å². The fourth-order valence-electron chi connectivity index (χ4n) is 3.70. The first-order chi connectivity index (χ1) is 10.2. The van der Waals surface area contributed by atoms with E-state index in [4.69, 9.17) is 14.2 Å². The fourth-order valence-corrected chi connectivity index (χ4v) is 3.70. The van der Waals surface area contributed by atoms with E-state index in [-0.39, 0.29) is 5.54 Å². The summed E-state index contributed by atoms with van der Waals surface area (Å²) in [5.41, 5.74) is 0.174. The zero-order chi connectivity index (χ0) is 15.1. The Balaban J connectivity index is 1.74. The van der Waals surface area contributed by atoms with Gasteiger partial charge in [0.15, 0.2) is 0 Å². The summed E-state index contributed by atoms with van der Waals surface area (Å²) in [5, 5.41) is 0. The Labute approximate surface area is 129 Å². The zero-order valence-electron chi connectivity index (χ0n) is 14.0. The van der Waals surface area contributed by atoms with Crippen LogP contribution in [0.25, 0.3) is 0 Å². The first-order valence-electron chi connectivity index (χ1n) is 8.32. The minimum Gasteiger partial charge on any atom is -0.383 e. The molecule has 0 radical (unpaired) electrons. The summed E-state index contributed by atoms with van der Waals surface area (Å²) in [7, 11) is 4.01. The molecule has 0 bridgehead atoms. The van der Waals surface area contributed by atoms with E-state index in [1.165, 1.54) is 12.8 Å². The molecule has 5 nitrogen and oxygen atoms in total. The molecular formula is C16H32N2O3. The molecule has 0 aromatic heterocycles. The van der Waals surface area contributed by atoms with Crippen molar-refractivity contribution in [3.8, 4) is 0 Å². The minimum atomic E-state index is 0.174. The Hall–Kier alpha value is -0.200. The molecule has 2 heterocycles. The van der Waals surface area contributed by atoms with Crippen molar-refractivity contribution in [2.24, 2.45) is 0 Å². The lowest BCUT2D eigenvalue weighted by atomic mass is 9.91. The van der Waals surface area contributed by atoms with Crippen LogP contribution in [0, 0.1) is 0 Å². The van der Waals surface area contributed by atoms with E-state index in [1.54, 1.807) is 7.11 Å². The first kappa shape index (κ1) is 17.2. The number of hydrogen-bond donors (Lipinski definition) is 0. The van der Waals surface area contributed by atoms with E-state index in [9.17, 15) is 0 Å². The monoisotopic (exact) mass is 300 g/mol. The topological polar surface area (TPSA) is 34.2 Å². The Bertz CT molecular complexity index is 289. The number of morpholine rings is 1. The van der Waals surface area contributed by atoms with Gasteiger partial charge in [0.1, 0.15) is 0 Å². The van der Waals surface area contributed by atoms with Gasteiger partial charge >= 0.3 is 0 Å². The molecule has 2 aliphatic heterocycles. The summed E-state index contributed by atoms with van der Waals surface area (Å²) in [6, 6.07) is 0. The molecule has 2 unspecified atom stereocenters. The Morgan fingerprint density at radius 3 is 2.71 bits per heavy atom. The molecular weight excluding hydrogens is 268 g/mol. The van der Waals surface area contributed by atoms with Gasteiger partial charge in [-0.1, -0.05) is 13.3 Å². The van der Waals surface area contributed by atoms with Crippen LogP contribution in [0.2, 0.25) is 0 Å². The average molecular weight is 300 g/mol. The molecule has 0 spiro atoms. The number of methoxy groups -OCH3 is 1. The van der Waals surface area contributed by atoms with Crippen LogP contribution in [0.4, 0.5) is 0 Å². The smallest absolute Gasteiger partial charge is 0.0721 e. The molecule has 5 heteroatoms. The molecule has 21 heavy (non-hydrogen) atoms. The van der Waals surface area contributed by atoms with Crippen molar-refractivity contribution in [3.05, 3.63) is 0 Å². The summed E-state index contributed by atoms with van der Waals surface area (Å²) in [6.45, 7) is 9.72. The minimum absolute atomic E-state index is 0.174. The molecule has 0 N–H and O–H groups in total. The molecule has 2 fully saturated rings. The van der Waals surface area contributed by atoms with Gasteiger partial charge in [0, 0.05) is 38.8 Å². The van der Waals surface area contributed by atoms with Crippen LogP contribution in [0.5, 0.6) is 0 Å². The van der Waals surface area contributed by atoms with E-state index in [0.717, 1.165) is 59.0 Å². The van der Waals surface area contributed by atoms with E-state index in [0.29, 0.717) is 6.10 Å². The van der Waals surface area contributed by atoms with Gasteiger partial charge in [0.2, 0.25) is 0 Å². The SMILES string of the molecule is CCCC1(COC)CC(OCCN2CCOCC2)CN1C. The number of rotatable bonds is 8. The average Bonchev–Trinajstić information content (AvgIpc) is 2.77. The third-order valence-corrected chi connectivity index (χ3v) is 4.89. The zero-order valence-corrected chi connectivity index (χ0v) is 14.0. The van der Waals surface area contributed by atoms with Crippen LogP contribution in [0.1, 0.15) is 26.2 Å². The van der Waals surface area contributed by atoms with Crippen LogP contribution < -0.4 is 0 Å². The molecule has 2 aliphatic rings. The van der Waals surface area contributed by atoms with Gasteiger partial charge in [0.05, 0.1) is 32.5 Å². The van der Waals surface area contributed by atoms with Crippen LogP contribution in [0.15, 0.2) is 0 Å². The fraction of sp³-hybridized carbons (Fsp3) is 1.00. The lowest BCUT2D eigenvalue weighted by molar-refractivity contribution is 0.00314. The maximum absolute atomic E-state index is 6.14. The largest absolute Gasteiger partial charge is 0.383 e. The summed E-state index contributed by atoms with van der Waals surface area (Å²) >= 11 is 0. The summed E-state index contributed by atoms with van der Waals surface area (Å²) in [4.78, 5) is 4.87. The predicted octanol–water partition coefficient (Wildman–Crippen LogP) is 1.22. The van der Waals surface area contributed by atoms with Gasteiger partial charge in [-0.15, -0.1) is 0 Å². The van der Waals surface area contributed by atoms with Gasteiger partial charge in [-0.2, -0.15) is 0 Å². The van der Waals surface area contributed by atoms with E-state index in [1.807, 2.05) is 0 Å². The van der Waals surface area contributed by atoms with Gasteiger partial charge in [0.25, 0.3) is 0 Å². The van der Waals surface area contributed by atoms with Crippen molar-refractivity contribution in [3.63, 3.8) is 0 Å². The number of likely N-dealkylation sites (N-methyl/N-ethyl adjacent to an activating group) is 1. The molecule has 2 rings (SSSR count).